The number of methoxy groups -OCH3 is 2. The van der Waals surface area contributed by atoms with Gasteiger partial charge in [0, 0.05) is 18.4 Å². The zero-order valence-corrected chi connectivity index (χ0v) is 19.3. The summed E-state index contributed by atoms with van der Waals surface area (Å²) in [5.41, 5.74) is 5.40. The molecule has 3 rings (SSSR count). The van der Waals surface area contributed by atoms with Crippen LogP contribution in [0.1, 0.15) is 55.7 Å². The fourth-order valence-corrected chi connectivity index (χ4v) is 4.05. The Balaban J connectivity index is 0.00000320. The van der Waals surface area contributed by atoms with Crippen molar-refractivity contribution in [3.63, 3.8) is 0 Å². The van der Waals surface area contributed by atoms with E-state index in [0.717, 1.165) is 37.4 Å². The molecule has 0 bridgehead atoms. The fraction of sp³-hybridized carbons (Fsp3) is 0.423. The highest BCUT2D eigenvalue weighted by molar-refractivity contribution is 5.99. The Morgan fingerprint density at radius 3 is 2.40 bits per heavy atom. The second-order valence-corrected chi connectivity index (χ2v) is 7.63. The number of fused-ring (bicyclic) bond motifs is 1. The van der Waals surface area contributed by atoms with E-state index in [1.807, 2.05) is 0 Å². The molecular weight excluding hydrogens is 394 g/mol. The molecule has 1 heterocycles. The molecule has 0 spiro atoms. The van der Waals surface area contributed by atoms with E-state index >= 15 is 0 Å². The first-order chi connectivity index (χ1) is 14.3. The summed E-state index contributed by atoms with van der Waals surface area (Å²) in [5.74, 6) is 1.65. The number of hydrogen-bond donors (Lipinski definition) is 0. The second-order valence-electron chi connectivity index (χ2n) is 7.63. The summed E-state index contributed by atoms with van der Waals surface area (Å²) >= 11 is 0. The molecule has 0 N–H and O–H groups in total. The van der Waals surface area contributed by atoms with Gasteiger partial charge in [-0.15, -0.1) is 0 Å². The molecule has 0 saturated carbocycles. The molecule has 0 unspecified atom stereocenters. The van der Waals surface area contributed by atoms with Crippen molar-refractivity contribution >= 4 is 11.8 Å². The van der Waals surface area contributed by atoms with E-state index in [0.29, 0.717) is 0 Å². The summed E-state index contributed by atoms with van der Waals surface area (Å²) in [7, 11) is 3.43. The molecule has 0 aliphatic carbocycles. The van der Waals surface area contributed by atoms with Crippen molar-refractivity contribution in [3.8, 4) is 11.5 Å². The van der Waals surface area contributed by atoms with Crippen LogP contribution in [0.3, 0.4) is 0 Å². The van der Waals surface area contributed by atoms with Crippen LogP contribution in [0, 0.1) is 0 Å². The van der Waals surface area contributed by atoms with Gasteiger partial charge in [-0.2, -0.15) is 0 Å². The van der Waals surface area contributed by atoms with Crippen LogP contribution in [0.4, 0.5) is 0 Å². The zero-order chi connectivity index (χ0) is 20.5. The molecule has 1 aliphatic rings. The van der Waals surface area contributed by atoms with Crippen molar-refractivity contribution in [1.82, 2.24) is 0 Å². The molecule has 30 heavy (non-hydrogen) atoms. The van der Waals surface area contributed by atoms with E-state index in [1.165, 1.54) is 48.1 Å². The molecule has 0 amide bonds. The summed E-state index contributed by atoms with van der Waals surface area (Å²) in [4.78, 5) is 0. The van der Waals surface area contributed by atoms with Crippen LogP contribution in [0.15, 0.2) is 48.5 Å². The molecule has 0 radical (unpaired) electrons. The van der Waals surface area contributed by atoms with Crippen molar-refractivity contribution in [2.45, 2.75) is 45.4 Å². The standard InChI is InChI=1S/C26H34NO2.ClH/c1-4-5-6-10-15-24-23-20-26(29-3)25(28-2)19-22(23)16-18-27(24)17-11-14-21-12-8-7-9-13-21;/h7-9,11-14,19-20H,4-6,10,15-18H2,1-3H3;1H/q+1;/p-1/b14-11+;. The lowest BCUT2D eigenvalue weighted by Gasteiger charge is -2.20. The summed E-state index contributed by atoms with van der Waals surface area (Å²) in [6, 6.07) is 14.9. The number of halogens is 1. The highest BCUT2D eigenvalue weighted by Gasteiger charge is 2.26. The molecule has 1 aliphatic heterocycles. The lowest BCUT2D eigenvalue weighted by Crippen LogP contribution is -3.00. The third-order valence-corrected chi connectivity index (χ3v) is 5.66. The monoisotopic (exact) mass is 427 g/mol. The van der Waals surface area contributed by atoms with Crippen LogP contribution < -0.4 is 21.9 Å². The average Bonchev–Trinajstić information content (AvgIpc) is 2.77. The number of nitrogens with zero attached hydrogens (tertiary/aromatic N) is 1. The molecular formula is C26H34ClNO2. The van der Waals surface area contributed by atoms with Gasteiger partial charge in [-0.3, -0.25) is 0 Å². The van der Waals surface area contributed by atoms with Crippen LogP contribution in [0.2, 0.25) is 0 Å². The van der Waals surface area contributed by atoms with Crippen molar-refractivity contribution in [2.24, 2.45) is 0 Å². The fourth-order valence-electron chi connectivity index (χ4n) is 4.05. The molecule has 2 aromatic rings. The number of unbranched alkanes of at least 4 members (excludes halogenated alkanes) is 3. The largest absolute Gasteiger partial charge is 1.00 e. The number of rotatable bonds is 10. The molecule has 162 valence electrons. The molecule has 0 saturated heterocycles. The Bertz CT molecular complexity index is 859. The van der Waals surface area contributed by atoms with Gasteiger partial charge in [0.2, 0.25) is 0 Å². The van der Waals surface area contributed by atoms with Crippen molar-refractivity contribution in [3.05, 3.63) is 65.2 Å². The maximum Gasteiger partial charge on any atom is 0.183 e. The summed E-state index contributed by atoms with van der Waals surface area (Å²) < 4.78 is 13.7. The van der Waals surface area contributed by atoms with Crippen LogP contribution in [0.25, 0.3) is 6.08 Å². The quantitative estimate of drug-likeness (QED) is 0.429. The Morgan fingerprint density at radius 2 is 1.70 bits per heavy atom. The van der Waals surface area contributed by atoms with Gasteiger partial charge >= 0.3 is 0 Å². The Morgan fingerprint density at radius 1 is 0.967 bits per heavy atom. The van der Waals surface area contributed by atoms with E-state index in [2.05, 4.69) is 66.1 Å². The van der Waals surface area contributed by atoms with Gasteiger partial charge in [-0.05, 0) is 35.8 Å². The second kappa shape index (κ2) is 12.4. The predicted octanol–water partition coefficient (Wildman–Crippen LogP) is 2.75. The first-order valence-corrected chi connectivity index (χ1v) is 10.8. The number of ether oxygens (including phenoxy) is 2. The molecule has 2 aromatic carbocycles. The molecule has 0 atom stereocenters. The topological polar surface area (TPSA) is 21.5 Å². The minimum absolute atomic E-state index is 0. The highest BCUT2D eigenvalue weighted by atomic mass is 35.5. The molecule has 0 aromatic heterocycles. The predicted molar refractivity (Wildman–Crippen MR) is 122 cm³/mol. The Labute approximate surface area is 187 Å². The lowest BCUT2D eigenvalue weighted by atomic mass is 9.92. The summed E-state index contributed by atoms with van der Waals surface area (Å²) in [5, 5.41) is 0. The minimum Gasteiger partial charge on any atom is -1.00 e. The van der Waals surface area contributed by atoms with Gasteiger partial charge in [0.05, 0.1) is 14.2 Å². The van der Waals surface area contributed by atoms with Crippen LogP contribution in [0.5, 0.6) is 11.5 Å². The number of hydrogen-bond acceptors (Lipinski definition) is 2. The van der Waals surface area contributed by atoms with E-state index in [1.54, 1.807) is 14.2 Å². The maximum atomic E-state index is 5.60. The van der Waals surface area contributed by atoms with Crippen LogP contribution >= 0.6 is 0 Å². The maximum absolute atomic E-state index is 5.60. The van der Waals surface area contributed by atoms with Crippen molar-refractivity contribution in [1.29, 1.82) is 0 Å². The first-order valence-electron chi connectivity index (χ1n) is 10.8. The Hall–Kier alpha value is -2.26. The molecule has 3 nitrogen and oxygen atoms in total. The van der Waals surface area contributed by atoms with E-state index in [-0.39, 0.29) is 12.4 Å². The van der Waals surface area contributed by atoms with Crippen molar-refractivity contribution in [2.75, 3.05) is 27.3 Å². The van der Waals surface area contributed by atoms with Gasteiger partial charge in [0.15, 0.2) is 23.8 Å². The summed E-state index contributed by atoms with van der Waals surface area (Å²) in [6.07, 6.45) is 11.7. The van der Waals surface area contributed by atoms with Gasteiger partial charge in [-0.25, -0.2) is 4.58 Å². The molecule has 4 heteroatoms. The van der Waals surface area contributed by atoms with E-state index in [4.69, 9.17) is 9.47 Å². The normalized spacial score (nSPS) is 13.2. The van der Waals surface area contributed by atoms with Crippen LogP contribution in [-0.2, 0) is 6.42 Å². The summed E-state index contributed by atoms with van der Waals surface area (Å²) in [6.45, 7) is 4.25. The van der Waals surface area contributed by atoms with E-state index in [9.17, 15) is 0 Å². The Kier molecular flexibility index (Phi) is 9.96. The lowest BCUT2D eigenvalue weighted by molar-refractivity contribution is -0.519. The van der Waals surface area contributed by atoms with Gasteiger partial charge in [-0.1, -0.05) is 62.6 Å². The average molecular weight is 428 g/mol. The minimum atomic E-state index is 0. The van der Waals surface area contributed by atoms with Gasteiger partial charge < -0.3 is 21.9 Å². The third kappa shape index (κ3) is 6.12. The van der Waals surface area contributed by atoms with E-state index < -0.39 is 0 Å². The third-order valence-electron chi connectivity index (χ3n) is 5.66. The van der Waals surface area contributed by atoms with Crippen LogP contribution in [-0.4, -0.2) is 37.6 Å². The van der Waals surface area contributed by atoms with Crippen molar-refractivity contribution < 1.29 is 26.5 Å². The zero-order valence-electron chi connectivity index (χ0n) is 18.5. The smallest absolute Gasteiger partial charge is 0.183 e. The van der Waals surface area contributed by atoms with Gasteiger partial charge in [0.1, 0.15) is 6.54 Å². The first kappa shape index (κ1) is 24.0. The SMILES string of the molecule is CCCCCCC1=[N+](C/C=C/c2ccccc2)CCc2cc(OC)c(OC)cc21.[Cl-]. The molecule has 0 fully saturated rings. The van der Waals surface area contributed by atoms with Gasteiger partial charge in [0.25, 0.3) is 0 Å². The number of benzene rings is 2. The highest BCUT2D eigenvalue weighted by Crippen LogP contribution is 2.33.